The van der Waals surface area contributed by atoms with E-state index < -0.39 is 12.1 Å². The number of fused-ring (bicyclic) bond motifs is 1. The minimum atomic E-state index is -0.780. The predicted octanol–water partition coefficient (Wildman–Crippen LogP) is 3.15. The molecule has 6 heteroatoms. The van der Waals surface area contributed by atoms with E-state index in [-0.39, 0.29) is 11.9 Å². The van der Waals surface area contributed by atoms with Gasteiger partial charge in [-0.05, 0) is 38.8 Å². The molecule has 3 rings (SSSR count). The van der Waals surface area contributed by atoms with E-state index in [0.29, 0.717) is 5.69 Å². The average Bonchev–Trinajstić information content (AvgIpc) is 3.18. The first-order valence-corrected chi connectivity index (χ1v) is 8.84. The number of amides is 1. The molecule has 1 N–H and O–H groups in total. The highest BCUT2D eigenvalue weighted by atomic mass is 32.1. The van der Waals surface area contributed by atoms with Gasteiger partial charge in [0.1, 0.15) is 5.69 Å². The van der Waals surface area contributed by atoms with Gasteiger partial charge in [0.05, 0.1) is 10.2 Å². The van der Waals surface area contributed by atoms with E-state index in [0.717, 1.165) is 35.9 Å². The summed E-state index contributed by atoms with van der Waals surface area (Å²) >= 11 is 1.64. The van der Waals surface area contributed by atoms with Gasteiger partial charge in [0.15, 0.2) is 6.10 Å². The number of esters is 1. The van der Waals surface area contributed by atoms with Gasteiger partial charge in [0.25, 0.3) is 5.91 Å². The number of rotatable bonds is 4. The quantitative estimate of drug-likeness (QED) is 0.874. The first-order chi connectivity index (χ1) is 11.0. The summed E-state index contributed by atoms with van der Waals surface area (Å²) in [6.07, 6.45) is 3.55. The number of nitrogens with zero attached hydrogens (tertiary/aromatic N) is 1. The van der Waals surface area contributed by atoms with Crippen molar-refractivity contribution in [2.45, 2.75) is 51.7 Å². The van der Waals surface area contributed by atoms with Crippen molar-refractivity contribution in [1.82, 2.24) is 9.88 Å². The van der Waals surface area contributed by atoms with Crippen LogP contribution in [0.3, 0.4) is 0 Å². The molecule has 1 aliphatic rings. The number of aryl methyl sites for hydroxylation is 2. The highest BCUT2D eigenvalue weighted by molar-refractivity contribution is 7.19. The van der Waals surface area contributed by atoms with Crippen LogP contribution in [0.2, 0.25) is 0 Å². The molecule has 124 valence electrons. The van der Waals surface area contributed by atoms with Crippen LogP contribution in [-0.2, 0) is 16.6 Å². The van der Waals surface area contributed by atoms with Crippen LogP contribution >= 0.6 is 11.3 Å². The third-order valence-corrected chi connectivity index (χ3v) is 5.40. The van der Waals surface area contributed by atoms with Gasteiger partial charge in [-0.2, -0.15) is 0 Å². The minimum Gasteiger partial charge on any atom is -0.448 e. The zero-order chi connectivity index (χ0) is 16.6. The molecule has 0 aromatic carbocycles. The normalized spacial score (nSPS) is 16.7. The Kier molecular flexibility index (Phi) is 4.43. The summed E-state index contributed by atoms with van der Waals surface area (Å²) in [5, 5.41) is 2.96. The predicted molar refractivity (Wildman–Crippen MR) is 90.8 cm³/mol. The lowest BCUT2D eigenvalue weighted by Gasteiger charge is -2.17. The summed E-state index contributed by atoms with van der Waals surface area (Å²) in [5.74, 6) is -0.667. The van der Waals surface area contributed by atoms with Crippen molar-refractivity contribution in [3.05, 3.63) is 22.7 Å². The molecule has 0 radical (unpaired) electrons. The van der Waals surface area contributed by atoms with Crippen molar-refractivity contribution in [2.24, 2.45) is 7.05 Å². The van der Waals surface area contributed by atoms with E-state index in [4.69, 9.17) is 4.74 Å². The molecule has 1 saturated carbocycles. The molecule has 0 unspecified atom stereocenters. The molecule has 0 spiro atoms. The fraction of sp³-hybridized carbons (Fsp3) is 0.529. The molecule has 5 nitrogen and oxygen atoms in total. The van der Waals surface area contributed by atoms with Crippen molar-refractivity contribution in [1.29, 1.82) is 0 Å². The molecular formula is C17H22N2O3S. The van der Waals surface area contributed by atoms with Crippen molar-refractivity contribution >= 4 is 33.4 Å². The smallest absolute Gasteiger partial charge is 0.355 e. The lowest BCUT2D eigenvalue weighted by Crippen LogP contribution is -2.41. The standard InChI is InChI=1S/C17H22N2O3S/c1-10-8-13-15(23-10)9-14(19(13)3)17(21)22-11(2)16(20)18-12-6-4-5-7-12/h8-9,11-12H,4-7H2,1-3H3,(H,18,20)/t11-/m0/s1. The highest BCUT2D eigenvalue weighted by Gasteiger charge is 2.25. The summed E-state index contributed by atoms with van der Waals surface area (Å²) in [7, 11) is 1.84. The number of thiophene rings is 1. The second kappa shape index (κ2) is 6.35. The molecule has 1 amide bonds. The molecule has 2 aromatic rings. The highest BCUT2D eigenvalue weighted by Crippen LogP contribution is 2.28. The summed E-state index contributed by atoms with van der Waals surface area (Å²) in [4.78, 5) is 25.7. The molecule has 2 heterocycles. The van der Waals surface area contributed by atoms with Gasteiger partial charge in [-0.1, -0.05) is 12.8 Å². The van der Waals surface area contributed by atoms with E-state index in [1.165, 1.54) is 4.88 Å². The summed E-state index contributed by atoms with van der Waals surface area (Å²) in [6, 6.07) is 4.11. The number of hydrogen-bond acceptors (Lipinski definition) is 4. The molecule has 1 fully saturated rings. The number of aromatic nitrogens is 1. The van der Waals surface area contributed by atoms with E-state index >= 15 is 0 Å². The third kappa shape index (κ3) is 3.27. The lowest BCUT2D eigenvalue weighted by molar-refractivity contribution is -0.129. The Bertz CT molecular complexity index is 740. The van der Waals surface area contributed by atoms with Gasteiger partial charge in [-0.25, -0.2) is 4.79 Å². The van der Waals surface area contributed by atoms with Gasteiger partial charge >= 0.3 is 5.97 Å². The van der Waals surface area contributed by atoms with Gasteiger partial charge in [0.2, 0.25) is 0 Å². The Balaban J connectivity index is 1.65. The van der Waals surface area contributed by atoms with Gasteiger partial charge in [0, 0.05) is 18.0 Å². The Morgan fingerprint density at radius 1 is 1.35 bits per heavy atom. The summed E-state index contributed by atoms with van der Waals surface area (Å²) in [5.41, 5.74) is 1.49. The SMILES string of the molecule is Cc1cc2c(cc(C(=O)O[C@@H](C)C(=O)NC3CCCC3)n2C)s1. The summed E-state index contributed by atoms with van der Waals surface area (Å²) < 4.78 is 8.23. The maximum absolute atomic E-state index is 12.4. The van der Waals surface area contributed by atoms with Crippen LogP contribution in [0, 0.1) is 6.92 Å². The Hall–Kier alpha value is -1.82. The van der Waals surface area contributed by atoms with Crippen molar-refractivity contribution in [2.75, 3.05) is 0 Å². The molecule has 2 aromatic heterocycles. The van der Waals surface area contributed by atoms with Crippen molar-refractivity contribution in [3.8, 4) is 0 Å². The Morgan fingerprint density at radius 3 is 2.70 bits per heavy atom. The van der Waals surface area contributed by atoms with Crippen molar-refractivity contribution < 1.29 is 14.3 Å². The first-order valence-electron chi connectivity index (χ1n) is 8.03. The second-order valence-electron chi connectivity index (χ2n) is 6.23. The first kappa shape index (κ1) is 16.1. The number of carbonyl (C=O) groups excluding carboxylic acids is 2. The molecule has 1 atom stereocenters. The maximum Gasteiger partial charge on any atom is 0.355 e. The fourth-order valence-corrected chi connectivity index (χ4v) is 4.08. The fourth-order valence-electron chi connectivity index (χ4n) is 3.09. The number of ether oxygens (including phenoxy) is 1. The number of carbonyl (C=O) groups is 2. The average molecular weight is 334 g/mol. The largest absolute Gasteiger partial charge is 0.448 e. The molecule has 23 heavy (non-hydrogen) atoms. The topological polar surface area (TPSA) is 60.3 Å². The van der Waals surface area contributed by atoms with E-state index in [2.05, 4.69) is 5.32 Å². The lowest BCUT2D eigenvalue weighted by atomic mass is 10.2. The zero-order valence-corrected chi connectivity index (χ0v) is 14.5. The molecule has 0 saturated heterocycles. The third-order valence-electron chi connectivity index (χ3n) is 4.42. The Morgan fingerprint density at radius 2 is 2.04 bits per heavy atom. The van der Waals surface area contributed by atoms with E-state index in [1.807, 2.05) is 30.7 Å². The molecule has 1 aliphatic carbocycles. The van der Waals surface area contributed by atoms with Crippen LogP contribution in [0.15, 0.2) is 12.1 Å². The van der Waals surface area contributed by atoms with Crippen LogP contribution in [0.5, 0.6) is 0 Å². The number of hydrogen-bond donors (Lipinski definition) is 1. The Labute approximate surface area is 139 Å². The maximum atomic E-state index is 12.4. The van der Waals surface area contributed by atoms with Crippen LogP contribution in [0.1, 0.15) is 48.0 Å². The van der Waals surface area contributed by atoms with E-state index in [1.54, 1.807) is 18.3 Å². The van der Waals surface area contributed by atoms with Crippen LogP contribution in [-0.4, -0.2) is 28.6 Å². The molecule has 0 bridgehead atoms. The zero-order valence-electron chi connectivity index (χ0n) is 13.7. The van der Waals surface area contributed by atoms with Gasteiger partial charge < -0.3 is 14.6 Å². The second-order valence-corrected chi connectivity index (χ2v) is 7.52. The monoisotopic (exact) mass is 334 g/mol. The molecular weight excluding hydrogens is 312 g/mol. The number of nitrogens with one attached hydrogen (secondary N) is 1. The van der Waals surface area contributed by atoms with Crippen LogP contribution in [0.25, 0.3) is 10.2 Å². The minimum absolute atomic E-state index is 0.211. The summed E-state index contributed by atoms with van der Waals surface area (Å²) in [6.45, 7) is 3.66. The van der Waals surface area contributed by atoms with E-state index in [9.17, 15) is 9.59 Å². The van der Waals surface area contributed by atoms with Gasteiger partial charge in [-0.15, -0.1) is 11.3 Å². The van der Waals surface area contributed by atoms with Crippen LogP contribution in [0.4, 0.5) is 0 Å². The van der Waals surface area contributed by atoms with Gasteiger partial charge in [-0.3, -0.25) is 4.79 Å². The molecule has 0 aliphatic heterocycles. The van der Waals surface area contributed by atoms with Crippen molar-refractivity contribution in [3.63, 3.8) is 0 Å². The van der Waals surface area contributed by atoms with Crippen LogP contribution < -0.4 is 5.32 Å².